The van der Waals surface area contributed by atoms with E-state index in [-0.39, 0.29) is 29.8 Å². The predicted octanol–water partition coefficient (Wildman–Crippen LogP) is 3.58. The van der Waals surface area contributed by atoms with Gasteiger partial charge in [-0.05, 0) is 36.6 Å². The quantitative estimate of drug-likeness (QED) is 0.548. The predicted molar refractivity (Wildman–Crippen MR) is 113 cm³/mol. The van der Waals surface area contributed by atoms with Crippen LogP contribution in [0.25, 0.3) is 22.3 Å². The summed E-state index contributed by atoms with van der Waals surface area (Å²) in [7, 11) is 3.03. The summed E-state index contributed by atoms with van der Waals surface area (Å²) >= 11 is 0. The monoisotopic (exact) mass is 464 g/mol. The van der Waals surface area contributed by atoms with Crippen molar-refractivity contribution in [1.82, 2.24) is 19.9 Å². The van der Waals surface area contributed by atoms with E-state index in [1.165, 1.54) is 14.2 Å². The summed E-state index contributed by atoms with van der Waals surface area (Å²) in [4.78, 5) is 20.1. The number of pyridine rings is 1. The Morgan fingerprint density at radius 2 is 1.97 bits per heavy atom. The van der Waals surface area contributed by atoms with E-state index in [4.69, 9.17) is 14.2 Å². The van der Waals surface area contributed by atoms with Gasteiger partial charge in [-0.3, -0.25) is 4.79 Å². The first-order valence-electron chi connectivity index (χ1n) is 10.3. The SMILES string of the molecule is COc1ccc(-c2cc3ncn(CC(F)(F)F)c3c(OCC[C@H]3CNC(=O)C3)n2)cc1OC. The Kier molecular flexibility index (Phi) is 6.30. The van der Waals surface area contributed by atoms with E-state index in [0.717, 1.165) is 10.9 Å². The number of aromatic nitrogens is 3. The lowest BCUT2D eigenvalue weighted by Crippen LogP contribution is -2.17. The number of carbonyl (C=O) groups excluding carboxylic acids is 1. The van der Waals surface area contributed by atoms with Gasteiger partial charge in [0.05, 0.1) is 38.4 Å². The Balaban J connectivity index is 1.69. The van der Waals surface area contributed by atoms with Crippen LogP contribution in [-0.4, -0.2) is 54.0 Å². The number of halogens is 3. The molecule has 8 nitrogen and oxygen atoms in total. The van der Waals surface area contributed by atoms with Crippen LogP contribution < -0.4 is 19.5 Å². The maximum atomic E-state index is 13.1. The summed E-state index contributed by atoms with van der Waals surface area (Å²) in [6.45, 7) is -0.449. The number of fused-ring (bicyclic) bond motifs is 1. The maximum absolute atomic E-state index is 13.1. The second-order valence-electron chi connectivity index (χ2n) is 7.75. The minimum Gasteiger partial charge on any atom is -0.493 e. The Morgan fingerprint density at radius 3 is 2.64 bits per heavy atom. The van der Waals surface area contributed by atoms with Crippen molar-refractivity contribution in [3.05, 3.63) is 30.6 Å². The third-order valence-corrected chi connectivity index (χ3v) is 5.42. The molecule has 4 rings (SSSR count). The van der Waals surface area contributed by atoms with Crippen molar-refractivity contribution in [2.75, 3.05) is 27.4 Å². The van der Waals surface area contributed by atoms with Gasteiger partial charge in [-0.25, -0.2) is 9.97 Å². The smallest absolute Gasteiger partial charge is 0.406 e. The third-order valence-electron chi connectivity index (χ3n) is 5.42. The molecule has 0 radical (unpaired) electrons. The van der Waals surface area contributed by atoms with Gasteiger partial charge in [0.15, 0.2) is 11.5 Å². The van der Waals surface area contributed by atoms with Crippen LogP contribution in [0.15, 0.2) is 30.6 Å². The largest absolute Gasteiger partial charge is 0.493 e. The maximum Gasteiger partial charge on any atom is 0.406 e. The van der Waals surface area contributed by atoms with Crippen LogP contribution in [0.1, 0.15) is 12.8 Å². The summed E-state index contributed by atoms with van der Waals surface area (Å²) in [5.41, 5.74) is 1.62. The van der Waals surface area contributed by atoms with Gasteiger partial charge in [0.1, 0.15) is 12.1 Å². The van der Waals surface area contributed by atoms with Crippen LogP contribution in [0.4, 0.5) is 13.2 Å². The molecule has 33 heavy (non-hydrogen) atoms. The minimum absolute atomic E-state index is 0.0146. The molecule has 0 bridgehead atoms. The molecule has 1 aliphatic rings. The van der Waals surface area contributed by atoms with E-state index in [2.05, 4.69) is 15.3 Å². The summed E-state index contributed by atoms with van der Waals surface area (Å²) < 4.78 is 56.7. The molecular formula is C22H23F3N4O4. The highest BCUT2D eigenvalue weighted by molar-refractivity contribution is 5.85. The van der Waals surface area contributed by atoms with Gasteiger partial charge in [0.25, 0.3) is 0 Å². The zero-order chi connectivity index (χ0) is 23.6. The standard InChI is InChI=1S/C22H23F3N4O4/c1-31-17-4-3-14(8-18(17)32-2)15-9-16-20(29(12-27-16)11-22(23,24)25)21(28-15)33-6-5-13-7-19(30)26-10-13/h3-4,8-9,12-13H,5-7,10-11H2,1-2H3,(H,26,30)/t13-/m1/s1. The molecule has 3 heterocycles. The molecule has 1 atom stereocenters. The van der Waals surface area contributed by atoms with Crippen LogP contribution in [0.2, 0.25) is 0 Å². The summed E-state index contributed by atoms with van der Waals surface area (Å²) in [5, 5.41) is 2.76. The molecule has 0 aliphatic carbocycles. The molecular weight excluding hydrogens is 441 g/mol. The van der Waals surface area contributed by atoms with E-state index >= 15 is 0 Å². The molecule has 2 aromatic heterocycles. The minimum atomic E-state index is -4.43. The molecule has 1 fully saturated rings. The van der Waals surface area contributed by atoms with Crippen molar-refractivity contribution < 1.29 is 32.2 Å². The average molecular weight is 464 g/mol. The molecule has 1 amide bonds. The Hall–Kier alpha value is -3.50. The molecule has 1 aliphatic heterocycles. The normalized spacial score (nSPS) is 16.2. The van der Waals surface area contributed by atoms with Crippen molar-refractivity contribution in [2.24, 2.45) is 5.92 Å². The highest BCUT2D eigenvalue weighted by atomic mass is 19.4. The lowest BCUT2D eigenvalue weighted by atomic mass is 10.1. The number of hydrogen-bond donors (Lipinski definition) is 1. The van der Waals surface area contributed by atoms with Crippen molar-refractivity contribution in [2.45, 2.75) is 25.6 Å². The number of rotatable bonds is 8. The lowest BCUT2D eigenvalue weighted by molar-refractivity contribution is -0.140. The Bertz CT molecular complexity index is 1160. The number of hydrogen-bond acceptors (Lipinski definition) is 6. The summed E-state index contributed by atoms with van der Waals surface area (Å²) in [5.74, 6) is 1.17. The number of nitrogens with zero attached hydrogens (tertiary/aromatic N) is 3. The molecule has 176 valence electrons. The second-order valence-corrected chi connectivity index (χ2v) is 7.75. The first-order chi connectivity index (χ1) is 15.8. The number of carbonyl (C=O) groups is 1. The van der Waals surface area contributed by atoms with E-state index < -0.39 is 12.7 Å². The number of benzene rings is 1. The van der Waals surface area contributed by atoms with Crippen molar-refractivity contribution >= 4 is 16.9 Å². The van der Waals surface area contributed by atoms with Crippen LogP contribution in [0.5, 0.6) is 17.4 Å². The van der Waals surface area contributed by atoms with Crippen LogP contribution in [0, 0.1) is 5.92 Å². The van der Waals surface area contributed by atoms with Gasteiger partial charge in [-0.1, -0.05) is 0 Å². The fraction of sp³-hybridized carbons (Fsp3) is 0.409. The second kappa shape index (κ2) is 9.16. The molecule has 0 spiro atoms. The van der Waals surface area contributed by atoms with Gasteiger partial charge in [-0.15, -0.1) is 0 Å². The van der Waals surface area contributed by atoms with Gasteiger partial charge >= 0.3 is 6.18 Å². The van der Waals surface area contributed by atoms with Gasteiger partial charge in [0.2, 0.25) is 11.8 Å². The van der Waals surface area contributed by atoms with E-state index in [9.17, 15) is 18.0 Å². The number of amides is 1. The number of methoxy groups -OCH3 is 2. The molecule has 3 aromatic rings. The van der Waals surface area contributed by atoms with E-state index in [1.54, 1.807) is 24.3 Å². The van der Waals surface area contributed by atoms with Gasteiger partial charge in [0, 0.05) is 18.5 Å². The van der Waals surface area contributed by atoms with E-state index in [0.29, 0.717) is 47.7 Å². The van der Waals surface area contributed by atoms with Gasteiger partial charge < -0.3 is 24.1 Å². The lowest BCUT2D eigenvalue weighted by Gasteiger charge is -2.14. The molecule has 0 unspecified atom stereocenters. The Labute approximate surface area is 187 Å². The summed E-state index contributed by atoms with van der Waals surface area (Å²) in [6.07, 6.45) is -2.33. The van der Waals surface area contributed by atoms with Crippen molar-refractivity contribution in [3.8, 4) is 28.6 Å². The fourth-order valence-electron chi connectivity index (χ4n) is 3.81. The number of imidazole rings is 1. The molecule has 1 aromatic carbocycles. The van der Waals surface area contributed by atoms with Crippen LogP contribution in [0.3, 0.4) is 0 Å². The first kappa shape index (κ1) is 22.7. The highest BCUT2D eigenvalue weighted by Gasteiger charge is 2.30. The van der Waals surface area contributed by atoms with Crippen molar-refractivity contribution in [3.63, 3.8) is 0 Å². The third kappa shape index (κ3) is 5.12. The zero-order valence-electron chi connectivity index (χ0n) is 18.1. The molecule has 1 saturated heterocycles. The number of alkyl halides is 3. The molecule has 11 heteroatoms. The molecule has 1 N–H and O–H groups in total. The average Bonchev–Trinajstić information content (AvgIpc) is 3.37. The number of nitrogens with one attached hydrogen (secondary N) is 1. The highest BCUT2D eigenvalue weighted by Crippen LogP contribution is 2.35. The number of ether oxygens (including phenoxy) is 3. The van der Waals surface area contributed by atoms with Gasteiger partial charge in [-0.2, -0.15) is 13.2 Å². The Morgan fingerprint density at radius 1 is 1.18 bits per heavy atom. The van der Waals surface area contributed by atoms with Crippen LogP contribution >= 0.6 is 0 Å². The van der Waals surface area contributed by atoms with Crippen molar-refractivity contribution in [1.29, 1.82) is 0 Å². The zero-order valence-corrected chi connectivity index (χ0v) is 18.1. The first-order valence-corrected chi connectivity index (χ1v) is 10.3. The summed E-state index contributed by atoms with van der Waals surface area (Å²) in [6, 6.07) is 6.81. The molecule has 0 saturated carbocycles. The topological polar surface area (TPSA) is 87.5 Å². The fourth-order valence-corrected chi connectivity index (χ4v) is 3.81. The van der Waals surface area contributed by atoms with E-state index in [1.807, 2.05) is 0 Å². The van der Waals surface area contributed by atoms with Crippen LogP contribution in [-0.2, 0) is 11.3 Å².